The third-order valence-corrected chi connectivity index (χ3v) is 2.06. The van der Waals surface area contributed by atoms with E-state index in [1.807, 2.05) is 20.8 Å². The van der Waals surface area contributed by atoms with E-state index in [-0.39, 0.29) is 12.5 Å². The quantitative estimate of drug-likeness (QED) is 0.684. The molecule has 0 saturated heterocycles. The van der Waals surface area contributed by atoms with Crippen LogP contribution in [-0.4, -0.2) is 29.0 Å². The molecule has 4 N–H and O–H groups in total. The maximum absolute atomic E-state index is 10.7. The molecule has 6 heteroatoms. The Morgan fingerprint density at radius 2 is 1.94 bits per heavy atom. The number of nitrogens with one attached hydrogen (secondary N) is 2. The normalized spacial score (nSPS) is 10.4. The molecule has 94 valence electrons. The Kier molecular flexibility index (Phi) is 4.68. The molecule has 1 heterocycles. The number of hydrogen-bond acceptors (Lipinski definition) is 5. The van der Waals surface area contributed by atoms with Gasteiger partial charge in [0, 0.05) is 18.5 Å². The van der Waals surface area contributed by atoms with Crippen LogP contribution in [0.15, 0.2) is 6.07 Å². The van der Waals surface area contributed by atoms with Crippen LogP contribution in [0.25, 0.3) is 0 Å². The number of nitrogens with zero attached hydrogens (tertiary/aromatic N) is 2. The second-order valence-electron chi connectivity index (χ2n) is 4.00. The van der Waals surface area contributed by atoms with Gasteiger partial charge >= 0.3 is 0 Å². The number of primary amides is 1. The van der Waals surface area contributed by atoms with Crippen molar-refractivity contribution in [2.24, 2.45) is 5.73 Å². The van der Waals surface area contributed by atoms with Crippen molar-refractivity contribution in [1.82, 2.24) is 9.97 Å². The second kappa shape index (κ2) is 6.03. The first-order valence-electron chi connectivity index (χ1n) is 5.68. The summed E-state index contributed by atoms with van der Waals surface area (Å²) in [7, 11) is 0. The molecule has 0 unspecified atom stereocenters. The molecule has 1 rings (SSSR count). The summed E-state index contributed by atoms with van der Waals surface area (Å²) in [6.45, 7) is 6.88. The number of carbonyl (C=O) groups excluding carboxylic acids is 1. The van der Waals surface area contributed by atoms with E-state index >= 15 is 0 Å². The maximum atomic E-state index is 10.7. The van der Waals surface area contributed by atoms with Crippen LogP contribution in [0.2, 0.25) is 0 Å². The van der Waals surface area contributed by atoms with Crippen LogP contribution in [0.4, 0.5) is 11.6 Å². The van der Waals surface area contributed by atoms with Gasteiger partial charge < -0.3 is 16.4 Å². The number of aromatic nitrogens is 2. The molecule has 0 aliphatic carbocycles. The summed E-state index contributed by atoms with van der Waals surface area (Å²) in [6.07, 6.45) is 0. The highest BCUT2D eigenvalue weighted by Gasteiger charge is 2.08. The molecule has 17 heavy (non-hydrogen) atoms. The second-order valence-corrected chi connectivity index (χ2v) is 4.00. The van der Waals surface area contributed by atoms with E-state index < -0.39 is 5.91 Å². The zero-order chi connectivity index (χ0) is 12.8. The third-order valence-electron chi connectivity index (χ3n) is 2.06. The zero-order valence-electron chi connectivity index (χ0n) is 10.4. The third kappa shape index (κ3) is 4.26. The van der Waals surface area contributed by atoms with Gasteiger partial charge in [-0.1, -0.05) is 13.8 Å². The minimum atomic E-state index is -0.417. The van der Waals surface area contributed by atoms with Gasteiger partial charge in [-0.2, -0.15) is 0 Å². The highest BCUT2D eigenvalue weighted by Crippen LogP contribution is 2.16. The van der Waals surface area contributed by atoms with Crippen LogP contribution >= 0.6 is 0 Å². The van der Waals surface area contributed by atoms with Crippen molar-refractivity contribution in [2.45, 2.75) is 26.7 Å². The number of hydrogen-bond donors (Lipinski definition) is 3. The molecule has 0 atom stereocenters. The average molecular weight is 237 g/mol. The van der Waals surface area contributed by atoms with Gasteiger partial charge in [0.1, 0.15) is 17.5 Å². The summed E-state index contributed by atoms with van der Waals surface area (Å²) in [6, 6.07) is 1.76. The number of nitrogens with two attached hydrogens (primary N) is 1. The lowest BCUT2D eigenvalue weighted by Crippen LogP contribution is -2.22. The van der Waals surface area contributed by atoms with E-state index in [9.17, 15) is 4.79 Å². The predicted molar refractivity (Wildman–Crippen MR) is 68.0 cm³/mol. The van der Waals surface area contributed by atoms with Crippen molar-refractivity contribution < 1.29 is 4.79 Å². The summed E-state index contributed by atoms with van der Waals surface area (Å²) in [5, 5.41) is 6.00. The van der Waals surface area contributed by atoms with Crippen molar-refractivity contribution in [1.29, 1.82) is 0 Å². The van der Waals surface area contributed by atoms with Gasteiger partial charge in [-0.15, -0.1) is 0 Å². The molecule has 0 saturated carbocycles. The molecule has 1 aromatic rings. The first-order chi connectivity index (χ1) is 8.02. The Morgan fingerprint density at radius 1 is 1.35 bits per heavy atom. The van der Waals surface area contributed by atoms with Crippen LogP contribution in [-0.2, 0) is 4.79 Å². The van der Waals surface area contributed by atoms with Crippen molar-refractivity contribution in [2.75, 3.05) is 23.7 Å². The Labute approximate surface area is 101 Å². The summed E-state index contributed by atoms with van der Waals surface area (Å²) in [5.74, 6) is 1.90. The summed E-state index contributed by atoms with van der Waals surface area (Å²) >= 11 is 0. The minimum Gasteiger partial charge on any atom is -0.370 e. The molecule has 0 aliphatic heterocycles. The van der Waals surface area contributed by atoms with Crippen LogP contribution in [0.3, 0.4) is 0 Å². The van der Waals surface area contributed by atoms with Crippen LogP contribution < -0.4 is 16.4 Å². The van der Waals surface area contributed by atoms with E-state index in [1.54, 1.807) is 6.07 Å². The Morgan fingerprint density at radius 3 is 2.41 bits per heavy atom. The smallest absolute Gasteiger partial charge is 0.236 e. The maximum Gasteiger partial charge on any atom is 0.236 e. The van der Waals surface area contributed by atoms with Gasteiger partial charge in [0.05, 0.1) is 6.54 Å². The van der Waals surface area contributed by atoms with Crippen LogP contribution in [0, 0.1) is 0 Å². The van der Waals surface area contributed by atoms with Gasteiger partial charge in [-0.25, -0.2) is 9.97 Å². The standard InChI is InChI=1S/C11H19N5O/c1-4-13-9-5-10(14-6-8(12)17)16-11(15-9)7(2)3/h5,7H,4,6H2,1-3H3,(H2,12,17)(H2,13,14,15,16). The zero-order valence-corrected chi connectivity index (χ0v) is 10.4. The highest BCUT2D eigenvalue weighted by molar-refractivity contribution is 5.78. The van der Waals surface area contributed by atoms with Crippen molar-refractivity contribution in [3.8, 4) is 0 Å². The fourth-order valence-electron chi connectivity index (χ4n) is 1.26. The van der Waals surface area contributed by atoms with E-state index in [2.05, 4.69) is 20.6 Å². The Balaban J connectivity index is 2.90. The van der Waals surface area contributed by atoms with Crippen molar-refractivity contribution in [3.05, 3.63) is 11.9 Å². The molecule has 0 radical (unpaired) electrons. The molecule has 1 aromatic heterocycles. The fourth-order valence-corrected chi connectivity index (χ4v) is 1.26. The molecule has 0 aliphatic rings. The first-order valence-corrected chi connectivity index (χ1v) is 5.68. The molecular weight excluding hydrogens is 218 g/mol. The number of amides is 1. The van der Waals surface area contributed by atoms with E-state index in [1.165, 1.54) is 0 Å². The van der Waals surface area contributed by atoms with Gasteiger partial charge in [0.15, 0.2) is 0 Å². The minimum absolute atomic E-state index is 0.0696. The fraction of sp³-hybridized carbons (Fsp3) is 0.545. The largest absolute Gasteiger partial charge is 0.370 e. The monoisotopic (exact) mass is 237 g/mol. The highest BCUT2D eigenvalue weighted by atomic mass is 16.1. The van der Waals surface area contributed by atoms with Gasteiger partial charge in [0.25, 0.3) is 0 Å². The topological polar surface area (TPSA) is 92.9 Å². The lowest BCUT2D eigenvalue weighted by atomic mass is 10.2. The summed E-state index contributed by atoms with van der Waals surface area (Å²) in [4.78, 5) is 19.4. The Bertz CT molecular complexity index is 391. The SMILES string of the molecule is CCNc1cc(NCC(N)=O)nc(C(C)C)n1. The van der Waals surface area contributed by atoms with Crippen molar-refractivity contribution in [3.63, 3.8) is 0 Å². The molecule has 1 amide bonds. The predicted octanol–water partition coefficient (Wildman–Crippen LogP) is 0.929. The number of anilines is 2. The molecule has 0 fully saturated rings. The Hall–Kier alpha value is -1.85. The van der Waals surface area contributed by atoms with E-state index in [0.29, 0.717) is 5.82 Å². The van der Waals surface area contributed by atoms with Crippen LogP contribution in [0.1, 0.15) is 32.5 Å². The lowest BCUT2D eigenvalue weighted by molar-refractivity contribution is -0.116. The van der Waals surface area contributed by atoms with Crippen molar-refractivity contribution >= 4 is 17.5 Å². The molecular formula is C11H19N5O. The van der Waals surface area contributed by atoms with Crippen LogP contribution in [0.5, 0.6) is 0 Å². The van der Waals surface area contributed by atoms with Gasteiger partial charge in [-0.3, -0.25) is 4.79 Å². The number of carbonyl (C=O) groups is 1. The molecule has 0 aromatic carbocycles. The molecule has 0 bridgehead atoms. The first kappa shape index (κ1) is 13.2. The van der Waals surface area contributed by atoms with Gasteiger partial charge in [0.2, 0.25) is 5.91 Å². The van der Waals surface area contributed by atoms with Gasteiger partial charge in [-0.05, 0) is 6.92 Å². The summed E-state index contributed by atoms with van der Waals surface area (Å²) < 4.78 is 0. The lowest BCUT2D eigenvalue weighted by Gasteiger charge is -2.11. The van der Waals surface area contributed by atoms with E-state index in [0.717, 1.165) is 18.2 Å². The molecule has 6 nitrogen and oxygen atoms in total. The summed E-state index contributed by atoms with van der Waals surface area (Å²) in [5.41, 5.74) is 5.07. The number of rotatable bonds is 6. The average Bonchev–Trinajstić information content (AvgIpc) is 2.26. The van der Waals surface area contributed by atoms with E-state index in [4.69, 9.17) is 5.73 Å². The molecule has 0 spiro atoms.